The molecule has 1 aliphatic heterocycles. The summed E-state index contributed by atoms with van der Waals surface area (Å²) in [7, 11) is 0. The smallest absolute Gasteiger partial charge is 0.387 e. The van der Waals surface area contributed by atoms with Crippen LogP contribution in [0.3, 0.4) is 0 Å². The number of rotatable bonds is 6. The second kappa shape index (κ2) is 6.70. The van der Waals surface area contributed by atoms with Gasteiger partial charge in [-0.3, -0.25) is 0 Å². The van der Waals surface area contributed by atoms with E-state index in [0.717, 1.165) is 0 Å². The van der Waals surface area contributed by atoms with Gasteiger partial charge in [0.15, 0.2) is 11.5 Å². The molecule has 1 unspecified atom stereocenters. The van der Waals surface area contributed by atoms with Crippen molar-refractivity contribution in [2.24, 2.45) is 0 Å². The quantitative estimate of drug-likeness (QED) is 0.885. The highest BCUT2D eigenvalue weighted by atomic mass is 19.3. The molecule has 0 saturated carbocycles. The van der Waals surface area contributed by atoms with Crippen molar-refractivity contribution in [2.75, 3.05) is 13.4 Å². The van der Waals surface area contributed by atoms with Gasteiger partial charge in [-0.1, -0.05) is 12.1 Å². The Balaban J connectivity index is 1.57. The number of aliphatic hydroxyl groups excluding tert-OH is 1. The summed E-state index contributed by atoms with van der Waals surface area (Å²) >= 11 is 0. The first-order valence-corrected chi connectivity index (χ1v) is 6.87. The molecule has 0 fully saturated rings. The molecule has 1 heterocycles. The fourth-order valence-corrected chi connectivity index (χ4v) is 2.11. The van der Waals surface area contributed by atoms with E-state index >= 15 is 0 Å². The second-order valence-corrected chi connectivity index (χ2v) is 4.79. The highest BCUT2D eigenvalue weighted by molar-refractivity contribution is 5.46. The minimum atomic E-state index is -2.87. The Labute approximate surface area is 131 Å². The second-order valence-electron chi connectivity index (χ2n) is 4.79. The number of benzene rings is 2. The lowest BCUT2D eigenvalue weighted by molar-refractivity contribution is -0.0498. The largest absolute Gasteiger partial charge is 0.490 e. The molecule has 122 valence electrons. The number of hydrogen-bond donors (Lipinski definition) is 1. The Hall–Kier alpha value is -2.54. The van der Waals surface area contributed by atoms with Gasteiger partial charge in [0, 0.05) is 6.07 Å². The molecule has 0 aromatic heterocycles. The average Bonchev–Trinajstić information content (AvgIpc) is 3.00. The van der Waals surface area contributed by atoms with Crippen molar-refractivity contribution in [2.45, 2.75) is 12.7 Å². The maximum Gasteiger partial charge on any atom is 0.387 e. The van der Waals surface area contributed by atoms with Crippen LogP contribution in [-0.2, 0) is 0 Å². The summed E-state index contributed by atoms with van der Waals surface area (Å²) in [5, 5.41) is 10.1. The van der Waals surface area contributed by atoms with Crippen molar-refractivity contribution < 1.29 is 32.8 Å². The van der Waals surface area contributed by atoms with Crippen LogP contribution < -0.4 is 18.9 Å². The van der Waals surface area contributed by atoms with Gasteiger partial charge >= 0.3 is 6.61 Å². The summed E-state index contributed by atoms with van der Waals surface area (Å²) in [6.07, 6.45) is -0.902. The minimum absolute atomic E-state index is 0.00863. The third-order valence-electron chi connectivity index (χ3n) is 3.24. The number of fused-ring (bicyclic) bond motifs is 1. The summed E-state index contributed by atoms with van der Waals surface area (Å²) in [5.41, 5.74) is 0.535. The molecule has 0 aliphatic carbocycles. The number of hydrogen-bond acceptors (Lipinski definition) is 5. The molecule has 0 spiro atoms. The third kappa shape index (κ3) is 3.81. The molecule has 0 bridgehead atoms. The molecular weight excluding hydrogens is 310 g/mol. The molecule has 0 amide bonds. The monoisotopic (exact) mass is 324 g/mol. The Bertz CT molecular complexity index is 660. The van der Waals surface area contributed by atoms with Gasteiger partial charge in [0.25, 0.3) is 0 Å². The average molecular weight is 324 g/mol. The summed E-state index contributed by atoms with van der Waals surface area (Å²) < 4.78 is 44.3. The van der Waals surface area contributed by atoms with E-state index in [1.165, 1.54) is 24.3 Å². The Kier molecular flexibility index (Phi) is 4.47. The predicted molar refractivity (Wildman–Crippen MR) is 76.1 cm³/mol. The molecule has 0 radical (unpaired) electrons. The van der Waals surface area contributed by atoms with Gasteiger partial charge in [-0.2, -0.15) is 8.78 Å². The van der Waals surface area contributed by atoms with Gasteiger partial charge in [0.1, 0.15) is 24.2 Å². The van der Waals surface area contributed by atoms with Crippen LogP contribution >= 0.6 is 0 Å². The molecule has 7 heteroatoms. The maximum atomic E-state index is 12.1. The van der Waals surface area contributed by atoms with E-state index in [4.69, 9.17) is 14.2 Å². The van der Waals surface area contributed by atoms with Crippen LogP contribution in [-0.4, -0.2) is 25.1 Å². The predicted octanol–water partition coefficient (Wildman–Crippen LogP) is 3.13. The molecule has 1 aliphatic rings. The van der Waals surface area contributed by atoms with Crippen LogP contribution in [0.25, 0.3) is 0 Å². The van der Waals surface area contributed by atoms with Crippen LogP contribution in [0.2, 0.25) is 0 Å². The van der Waals surface area contributed by atoms with Gasteiger partial charge in [-0.25, -0.2) is 0 Å². The molecule has 2 aromatic rings. The number of alkyl halides is 2. The van der Waals surface area contributed by atoms with Crippen molar-refractivity contribution in [1.82, 2.24) is 0 Å². The van der Waals surface area contributed by atoms with Gasteiger partial charge < -0.3 is 24.1 Å². The van der Waals surface area contributed by atoms with Gasteiger partial charge in [-0.15, -0.1) is 0 Å². The van der Waals surface area contributed by atoms with E-state index in [1.807, 2.05) is 0 Å². The SMILES string of the molecule is OC(COc1ccc2c(c1)OCO2)c1ccc(OC(F)F)cc1. The zero-order chi connectivity index (χ0) is 16.2. The standard InChI is InChI=1S/C16H14F2O5/c17-16(18)23-11-3-1-10(2-4-11)13(19)8-20-12-5-6-14-15(7-12)22-9-21-14/h1-7,13,16,19H,8-9H2. The number of ether oxygens (including phenoxy) is 4. The van der Waals surface area contributed by atoms with E-state index in [2.05, 4.69) is 4.74 Å². The Morgan fingerprint density at radius 2 is 1.70 bits per heavy atom. The molecule has 2 aromatic carbocycles. The normalized spacial score (nSPS) is 13.9. The summed E-state index contributed by atoms with van der Waals surface area (Å²) in [6, 6.07) is 10.8. The van der Waals surface area contributed by atoms with Crippen LogP contribution in [0.4, 0.5) is 8.78 Å². The fraction of sp³-hybridized carbons (Fsp3) is 0.250. The van der Waals surface area contributed by atoms with E-state index in [9.17, 15) is 13.9 Å². The van der Waals surface area contributed by atoms with Crippen molar-refractivity contribution in [1.29, 1.82) is 0 Å². The van der Waals surface area contributed by atoms with Gasteiger partial charge in [-0.05, 0) is 29.8 Å². The summed E-state index contributed by atoms with van der Waals surface area (Å²) in [6.45, 7) is -2.69. The van der Waals surface area contributed by atoms with E-state index < -0.39 is 12.7 Å². The summed E-state index contributed by atoms with van der Waals surface area (Å²) in [5.74, 6) is 1.80. The zero-order valence-corrected chi connectivity index (χ0v) is 11.9. The third-order valence-corrected chi connectivity index (χ3v) is 3.24. The lowest BCUT2D eigenvalue weighted by Crippen LogP contribution is -2.10. The lowest BCUT2D eigenvalue weighted by Gasteiger charge is -2.13. The molecule has 0 saturated heterocycles. The van der Waals surface area contributed by atoms with E-state index in [-0.39, 0.29) is 19.1 Å². The number of aliphatic hydroxyl groups is 1. The maximum absolute atomic E-state index is 12.1. The first kappa shape index (κ1) is 15.4. The van der Waals surface area contributed by atoms with Gasteiger partial charge in [0.05, 0.1) is 0 Å². The van der Waals surface area contributed by atoms with Crippen LogP contribution in [0.15, 0.2) is 42.5 Å². The molecule has 23 heavy (non-hydrogen) atoms. The number of halogens is 2. The van der Waals surface area contributed by atoms with Crippen molar-refractivity contribution in [3.05, 3.63) is 48.0 Å². The molecule has 1 N–H and O–H groups in total. The molecular formula is C16H14F2O5. The Morgan fingerprint density at radius 3 is 2.43 bits per heavy atom. The highest BCUT2D eigenvalue weighted by Gasteiger charge is 2.15. The topological polar surface area (TPSA) is 57.2 Å². The van der Waals surface area contributed by atoms with E-state index in [0.29, 0.717) is 22.8 Å². The van der Waals surface area contributed by atoms with Crippen LogP contribution in [0.1, 0.15) is 11.7 Å². The Morgan fingerprint density at radius 1 is 1.00 bits per heavy atom. The zero-order valence-electron chi connectivity index (χ0n) is 11.9. The first-order chi connectivity index (χ1) is 11.1. The van der Waals surface area contributed by atoms with E-state index in [1.54, 1.807) is 18.2 Å². The molecule has 3 rings (SSSR count). The fourth-order valence-electron chi connectivity index (χ4n) is 2.11. The van der Waals surface area contributed by atoms with Crippen molar-refractivity contribution in [3.63, 3.8) is 0 Å². The van der Waals surface area contributed by atoms with Crippen molar-refractivity contribution in [3.8, 4) is 23.0 Å². The van der Waals surface area contributed by atoms with Gasteiger partial charge in [0.2, 0.25) is 6.79 Å². The highest BCUT2D eigenvalue weighted by Crippen LogP contribution is 2.35. The molecule has 1 atom stereocenters. The van der Waals surface area contributed by atoms with Crippen molar-refractivity contribution >= 4 is 0 Å². The van der Waals surface area contributed by atoms with Crippen LogP contribution in [0, 0.1) is 0 Å². The first-order valence-electron chi connectivity index (χ1n) is 6.87. The van der Waals surface area contributed by atoms with Crippen LogP contribution in [0.5, 0.6) is 23.0 Å². The lowest BCUT2D eigenvalue weighted by atomic mass is 10.1. The minimum Gasteiger partial charge on any atom is -0.490 e. The molecule has 5 nitrogen and oxygen atoms in total. The summed E-state index contributed by atoms with van der Waals surface area (Å²) in [4.78, 5) is 0.